The topological polar surface area (TPSA) is 37.3 Å². The first kappa shape index (κ1) is 12.7. The summed E-state index contributed by atoms with van der Waals surface area (Å²) in [6.07, 6.45) is 2.93. The van der Waals surface area contributed by atoms with Gasteiger partial charge in [0.25, 0.3) is 0 Å². The number of phenolic OH excluding ortho intramolecular Hbond substituents is 1. The van der Waals surface area contributed by atoms with Gasteiger partial charge in [0.05, 0.1) is 0 Å². The second-order valence-electron chi connectivity index (χ2n) is 3.01. The molecule has 0 aliphatic heterocycles. The second-order valence-corrected chi connectivity index (χ2v) is 4.20. The van der Waals surface area contributed by atoms with Crippen molar-refractivity contribution in [2.45, 2.75) is 6.92 Å². The Morgan fingerprint density at radius 1 is 1.44 bits per heavy atom. The molecule has 0 heterocycles. The molecule has 0 spiro atoms. The maximum absolute atomic E-state index is 13.2. The van der Waals surface area contributed by atoms with Gasteiger partial charge in [-0.1, -0.05) is 23.9 Å². The molecule has 86 valence electrons. The average Bonchev–Trinajstić information content (AvgIpc) is 2.23. The number of carbonyl (C=O) groups excluding carboxylic acids is 1. The zero-order valence-electron chi connectivity index (χ0n) is 8.54. The van der Waals surface area contributed by atoms with Crippen molar-refractivity contribution >= 4 is 23.0 Å². The molecular weight excluding hydrogens is 234 g/mol. The van der Waals surface area contributed by atoms with Crippen molar-refractivity contribution in [2.75, 3.05) is 5.75 Å². The Kier molecular flexibility index (Phi) is 4.49. The Labute approximate surface area is 96.0 Å². The van der Waals surface area contributed by atoms with Crippen LogP contribution in [-0.4, -0.2) is 16.0 Å². The SMILES string of the molecule is CC(=O)SCC=Cc1ccc(O)c(F)c1F. The Balaban J connectivity index is 2.74. The van der Waals surface area contributed by atoms with Gasteiger partial charge in [-0.25, -0.2) is 4.39 Å². The van der Waals surface area contributed by atoms with Crippen LogP contribution in [0.5, 0.6) is 5.75 Å². The van der Waals surface area contributed by atoms with E-state index in [9.17, 15) is 13.6 Å². The molecule has 0 unspecified atom stereocenters. The number of benzene rings is 1. The third-order valence-electron chi connectivity index (χ3n) is 1.77. The van der Waals surface area contributed by atoms with Gasteiger partial charge in [-0.15, -0.1) is 0 Å². The fourth-order valence-corrected chi connectivity index (χ4v) is 1.45. The standard InChI is InChI=1S/C11H10F2O2S/c1-7(14)16-6-2-3-8-4-5-9(15)11(13)10(8)12/h2-5,15H,6H2,1H3. The van der Waals surface area contributed by atoms with E-state index in [4.69, 9.17) is 5.11 Å². The lowest BCUT2D eigenvalue weighted by Crippen LogP contribution is -1.89. The van der Waals surface area contributed by atoms with Gasteiger partial charge in [-0.2, -0.15) is 4.39 Å². The maximum Gasteiger partial charge on any atom is 0.200 e. The van der Waals surface area contributed by atoms with Crippen LogP contribution >= 0.6 is 11.8 Å². The highest BCUT2D eigenvalue weighted by Gasteiger charge is 2.10. The minimum atomic E-state index is -1.26. The van der Waals surface area contributed by atoms with Crippen LogP contribution < -0.4 is 0 Å². The van der Waals surface area contributed by atoms with E-state index < -0.39 is 17.4 Å². The number of phenols is 1. The van der Waals surface area contributed by atoms with E-state index in [2.05, 4.69) is 0 Å². The van der Waals surface area contributed by atoms with E-state index in [1.165, 1.54) is 19.1 Å². The lowest BCUT2D eigenvalue weighted by Gasteiger charge is -2.00. The Morgan fingerprint density at radius 3 is 2.75 bits per heavy atom. The summed E-state index contributed by atoms with van der Waals surface area (Å²) in [5.41, 5.74) is 0.0412. The van der Waals surface area contributed by atoms with Crippen LogP contribution in [0.2, 0.25) is 0 Å². The van der Waals surface area contributed by atoms with Crippen LogP contribution in [0.4, 0.5) is 8.78 Å². The average molecular weight is 244 g/mol. The third kappa shape index (κ3) is 3.34. The van der Waals surface area contributed by atoms with E-state index in [0.29, 0.717) is 5.75 Å². The summed E-state index contributed by atoms with van der Waals surface area (Å²) < 4.78 is 26.1. The predicted molar refractivity (Wildman–Crippen MR) is 60.2 cm³/mol. The third-order valence-corrected chi connectivity index (χ3v) is 2.54. The highest BCUT2D eigenvalue weighted by Crippen LogP contribution is 2.22. The molecule has 0 aliphatic rings. The molecule has 2 nitrogen and oxygen atoms in total. The molecule has 0 saturated heterocycles. The molecule has 0 atom stereocenters. The molecule has 0 aliphatic carbocycles. The summed E-state index contributed by atoms with van der Waals surface area (Å²) in [5, 5.41) is 8.84. The van der Waals surface area contributed by atoms with Crippen molar-refractivity contribution in [3.63, 3.8) is 0 Å². The molecule has 1 aromatic carbocycles. The van der Waals surface area contributed by atoms with E-state index >= 15 is 0 Å². The van der Waals surface area contributed by atoms with Crippen LogP contribution in [0.3, 0.4) is 0 Å². The number of carbonyl (C=O) groups is 1. The molecule has 0 fully saturated rings. The molecule has 16 heavy (non-hydrogen) atoms. The minimum absolute atomic E-state index is 0.0398. The summed E-state index contributed by atoms with van der Waals surface area (Å²) >= 11 is 1.07. The molecular formula is C11H10F2O2S. The molecule has 0 aromatic heterocycles. The number of aromatic hydroxyl groups is 1. The van der Waals surface area contributed by atoms with Crippen LogP contribution in [0.15, 0.2) is 18.2 Å². The molecule has 0 amide bonds. The fourth-order valence-electron chi connectivity index (χ4n) is 1.02. The van der Waals surface area contributed by atoms with Crippen LogP contribution in [0, 0.1) is 11.6 Å². The first-order valence-electron chi connectivity index (χ1n) is 4.49. The minimum Gasteiger partial charge on any atom is -0.505 e. The van der Waals surface area contributed by atoms with Gasteiger partial charge in [0.15, 0.2) is 16.7 Å². The van der Waals surface area contributed by atoms with Crippen LogP contribution in [-0.2, 0) is 4.79 Å². The smallest absolute Gasteiger partial charge is 0.200 e. The first-order chi connectivity index (χ1) is 7.52. The van der Waals surface area contributed by atoms with Gasteiger partial charge < -0.3 is 5.11 Å². The summed E-state index contributed by atoms with van der Waals surface area (Å²) in [4.78, 5) is 10.6. The lowest BCUT2D eigenvalue weighted by molar-refractivity contribution is -0.109. The number of thioether (sulfide) groups is 1. The molecule has 1 N–H and O–H groups in total. The zero-order valence-corrected chi connectivity index (χ0v) is 9.35. The van der Waals surface area contributed by atoms with Gasteiger partial charge in [0, 0.05) is 18.2 Å². The number of halogens is 2. The van der Waals surface area contributed by atoms with Gasteiger partial charge in [0.2, 0.25) is 5.82 Å². The second kappa shape index (κ2) is 5.65. The van der Waals surface area contributed by atoms with E-state index in [-0.39, 0.29) is 10.7 Å². The fraction of sp³-hybridized carbons (Fsp3) is 0.182. The van der Waals surface area contributed by atoms with Crippen molar-refractivity contribution in [1.82, 2.24) is 0 Å². The molecule has 1 aromatic rings. The van der Waals surface area contributed by atoms with E-state index in [1.807, 2.05) is 0 Å². The van der Waals surface area contributed by atoms with E-state index in [1.54, 1.807) is 6.08 Å². The Bertz CT molecular complexity index is 430. The summed E-state index contributed by atoms with van der Waals surface area (Å²) in [6, 6.07) is 2.35. The van der Waals surface area contributed by atoms with Crippen molar-refractivity contribution in [3.05, 3.63) is 35.4 Å². The van der Waals surface area contributed by atoms with E-state index in [0.717, 1.165) is 17.8 Å². The zero-order chi connectivity index (χ0) is 12.1. The molecule has 0 saturated carbocycles. The normalized spacial score (nSPS) is 10.9. The van der Waals surface area contributed by atoms with Gasteiger partial charge in [-0.3, -0.25) is 4.79 Å². The van der Waals surface area contributed by atoms with Crippen molar-refractivity contribution in [2.24, 2.45) is 0 Å². The maximum atomic E-state index is 13.2. The Hall–Kier alpha value is -1.36. The summed E-state index contributed by atoms with van der Waals surface area (Å²) in [5.74, 6) is -2.67. The summed E-state index contributed by atoms with van der Waals surface area (Å²) in [7, 11) is 0. The van der Waals surface area contributed by atoms with Gasteiger partial charge in [0.1, 0.15) is 0 Å². The predicted octanol–water partition coefficient (Wildman–Crippen LogP) is 2.96. The Morgan fingerprint density at radius 2 is 2.12 bits per heavy atom. The van der Waals surface area contributed by atoms with Crippen molar-refractivity contribution < 1.29 is 18.7 Å². The van der Waals surface area contributed by atoms with Crippen molar-refractivity contribution in [3.8, 4) is 5.75 Å². The lowest BCUT2D eigenvalue weighted by atomic mass is 10.2. The summed E-state index contributed by atoms with van der Waals surface area (Å²) in [6.45, 7) is 1.43. The molecule has 1 rings (SSSR count). The molecule has 0 bridgehead atoms. The monoisotopic (exact) mass is 244 g/mol. The quantitative estimate of drug-likeness (QED) is 0.888. The molecule has 0 radical (unpaired) electrons. The van der Waals surface area contributed by atoms with Crippen LogP contribution in [0.25, 0.3) is 6.08 Å². The number of hydrogen-bond donors (Lipinski definition) is 1. The highest BCUT2D eigenvalue weighted by atomic mass is 32.2. The van der Waals surface area contributed by atoms with Crippen LogP contribution in [0.1, 0.15) is 12.5 Å². The highest BCUT2D eigenvalue weighted by molar-refractivity contribution is 8.13. The van der Waals surface area contributed by atoms with Gasteiger partial charge >= 0.3 is 0 Å². The number of hydrogen-bond acceptors (Lipinski definition) is 3. The van der Waals surface area contributed by atoms with Gasteiger partial charge in [-0.05, 0) is 12.1 Å². The first-order valence-corrected chi connectivity index (χ1v) is 5.48. The molecule has 5 heteroatoms. The number of rotatable bonds is 3. The largest absolute Gasteiger partial charge is 0.505 e. The van der Waals surface area contributed by atoms with Crippen molar-refractivity contribution in [1.29, 1.82) is 0 Å².